The molecular weight excluding hydrogens is 468 g/mol. The number of morpholine rings is 1. The minimum Gasteiger partial charge on any atom is -0.378 e. The van der Waals surface area contributed by atoms with Gasteiger partial charge in [-0.3, -0.25) is 18.9 Å². The smallest absolute Gasteiger partial charge is 0.267 e. The molecule has 1 unspecified atom stereocenters. The summed E-state index contributed by atoms with van der Waals surface area (Å²) < 4.78 is 7.52. The Morgan fingerprint density at radius 3 is 2.59 bits per heavy atom. The predicted octanol–water partition coefficient (Wildman–Crippen LogP) is 3.80. The number of fused-ring (bicyclic) bond motifs is 1. The van der Waals surface area contributed by atoms with Crippen LogP contribution in [0.25, 0.3) is 11.7 Å². The van der Waals surface area contributed by atoms with Gasteiger partial charge in [-0.25, -0.2) is 4.98 Å². The summed E-state index contributed by atoms with van der Waals surface area (Å²) in [7, 11) is 0. The van der Waals surface area contributed by atoms with Crippen LogP contribution >= 0.6 is 24.0 Å². The Morgan fingerprint density at radius 1 is 1.12 bits per heavy atom. The van der Waals surface area contributed by atoms with Crippen molar-refractivity contribution in [2.75, 3.05) is 31.2 Å². The third-order valence-electron chi connectivity index (χ3n) is 6.14. The molecule has 34 heavy (non-hydrogen) atoms. The van der Waals surface area contributed by atoms with E-state index in [1.54, 1.807) is 21.6 Å². The van der Waals surface area contributed by atoms with E-state index in [9.17, 15) is 9.59 Å². The first kappa shape index (κ1) is 22.8. The van der Waals surface area contributed by atoms with Crippen LogP contribution in [0.2, 0.25) is 0 Å². The molecule has 2 fully saturated rings. The van der Waals surface area contributed by atoms with Crippen molar-refractivity contribution in [1.82, 2.24) is 14.3 Å². The Kier molecular flexibility index (Phi) is 6.24. The van der Waals surface area contributed by atoms with Crippen LogP contribution in [0.4, 0.5) is 5.82 Å². The fraction of sp³-hybridized carbons (Fsp3) is 0.280. The number of benzene rings is 1. The first-order chi connectivity index (χ1) is 16.5. The van der Waals surface area contributed by atoms with Crippen molar-refractivity contribution in [3.05, 3.63) is 80.6 Å². The highest BCUT2D eigenvalue weighted by Crippen LogP contribution is 2.38. The first-order valence-electron chi connectivity index (χ1n) is 11.1. The molecule has 1 amide bonds. The summed E-state index contributed by atoms with van der Waals surface area (Å²) in [6.07, 6.45) is 3.37. The number of anilines is 1. The van der Waals surface area contributed by atoms with Gasteiger partial charge in [0.05, 0.1) is 29.7 Å². The number of thioether (sulfide) groups is 1. The van der Waals surface area contributed by atoms with E-state index in [1.807, 2.05) is 56.3 Å². The highest BCUT2D eigenvalue weighted by Gasteiger charge is 2.36. The number of carbonyl (C=O) groups excluding carboxylic acids is 1. The van der Waals surface area contributed by atoms with Gasteiger partial charge in [-0.1, -0.05) is 60.4 Å². The Hall–Kier alpha value is -3.01. The number of rotatable bonds is 4. The van der Waals surface area contributed by atoms with Crippen molar-refractivity contribution in [2.24, 2.45) is 0 Å². The van der Waals surface area contributed by atoms with Crippen LogP contribution in [0.1, 0.15) is 29.7 Å². The zero-order valence-corrected chi connectivity index (χ0v) is 20.6. The lowest BCUT2D eigenvalue weighted by Crippen LogP contribution is -2.38. The van der Waals surface area contributed by atoms with Crippen LogP contribution < -0.4 is 10.5 Å². The number of carbonyl (C=O) groups is 1. The minimum absolute atomic E-state index is 0.201. The summed E-state index contributed by atoms with van der Waals surface area (Å²) in [5.41, 5.74) is 2.69. The number of pyridine rings is 1. The van der Waals surface area contributed by atoms with Gasteiger partial charge >= 0.3 is 0 Å². The normalized spacial score (nSPS) is 18.8. The third kappa shape index (κ3) is 4.04. The molecule has 4 heterocycles. The summed E-state index contributed by atoms with van der Waals surface area (Å²) >= 11 is 6.80. The maximum absolute atomic E-state index is 13.6. The monoisotopic (exact) mass is 492 g/mol. The van der Waals surface area contributed by atoms with Gasteiger partial charge in [-0.2, -0.15) is 0 Å². The molecule has 0 radical (unpaired) electrons. The molecule has 3 aromatic rings. The van der Waals surface area contributed by atoms with Gasteiger partial charge in [-0.05, 0) is 37.1 Å². The van der Waals surface area contributed by atoms with Gasteiger partial charge in [0.1, 0.15) is 15.8 Å². The van der Waals surface area contributed by atoms with E-state index in [-0.39, 0.29) is 17.5 Å². The molecule has 0 saturated carbocycles. The molecule has 5 rings (SSSR count). The number of ether oxygens (including phenoxy) is 1. The second-order valence-corrected chi connectivity index (χ2v) is 9.95. The fourth-order valence-corrected chi connectivity index (χ4v) is 5.67. The van der Waals surface area contributed by atoms with Crippen molar-refractivity contribution in [2.45, 2.75) is 19.9 Å². The molecule has 0 spiro atoms. The maximum Gasteiger partial charge on any atom is 0.267 e. The molecule has 2 saturated heterocycles. The van der Waals surface area contributed by atoms with E-state index < -0.39 is 0 Å². The number of nitrogens with zero attached hydrogens (tertiary/aromatic N) is 4. The molecule has 2 aliphatic heterocycles. The van der Waals surface area contributed by atoms with E-state index in [4.69, 9.17) is 21.9 Å². The summed E-state index contributed by atoms with van der Waals surface area (Å²) in [4.78, 5) is 36.0. The molecule has 174 valence electrons. The summed E-state index contributed by atoms with van der Waals surface area (Å²) in [5.74, 6) is 0.372. The fourth-order valence-electron chi connectivity index (χ4n) is 4.27. The number of hydrogen-bond acceptors (Lipinski definition) is 7. The van der Waals surface area contributed by atoms with Crippen LogP contribution in [0.5, 0.6) is 0 Å². The van der Waals surface area contributed by atoms with Crippen molar-refractivity contribution < 1.29 is 9.53 Å². The molecule has 0 aliphatic carbocycles. The number of thiocarbonyl (C=S) groups is 1. The molecule has 0 bridgehead atoms. The summed E-state index contributed by atoms with van der Waals surface area (Å²) in [5, 5.41) is 0. The SMILES string of the molecule is Cc1cccn2c(=O)c(/C=C3/SC(=S)N(C(C)c4ccccc4)C3=O)c(N3CCOCC3)nc12. The minimum atomic E-state index is -0.212. The van der Waals surface area contributed by atoms with Crippen molar-refractivity contribution >= 4 is 51.7 Å². The van der Waals surface area contributed by atoms with E-state index in [2.05, 4.69) is 4.90 Å². The van der Waals surface area contributed by atoms with Crippen LogP contribution in [0.15, 0.2) is 58.4 Å². The topological polar surface area (TPSA) is 67.2 Å². The van der Waals surface area contributed by atoms with Crippen LogP contribution in [-0.4, -0.2) is 50.8 Å². The quantitative estimate of drug-likeness (QED) is 0.405. The molecular formula is C25H24N4O3S2. The Bertz CT molecular complexity index is 1360. The van der Waals surface area contributed by atoms with Crippen molar-refractivity contribution in [1.29, 1.82) is 0 Å². The third-order valence-corrected chi connectivity index (χ3v) is 7.47. The van der Waals surface area contributed by atoms with Crippen molar-refractivity contribution in [3.63, 3.8) is 0 Å². The lowest BCUT2D eigenvalue weighted by molar-refractivity contribution is -0.123. The highest BCUT2D eigenvalue weighted by molar-refractivity contribution is 8.26. The Morgan fingerprint density at radius 2 is 1.85 bits per heavy atom. The van der Waals surface area contributed by atoms with Gasteiger partial charge in [0.25, 0.3) is 11.5 Å². The summed E-state index contributed by atoms with van der Waals surface area (Å²) in [6.45, 7) is 6.26. The molecule has 2 aliphatic rings. The second kappa shape index (κ2) is 9.32. The number of aryl methyl sites for hydroxylation is 1. The molecule has 7 nitrogen and oxygen atoms in total. The van der Waals surface area contributed by atoms with E-state index in [0.29, 0.717) is 52.6 Å². The Balaban J connectivity index is 1.61. The highest BCUT2D eigenvalue weighted by atomic mass is 32.2. The average molecular weight is 493 g/mol. The number of aromatic nitrogens is 2. The van der Waals surface area contributed by atoms with Gasteiger partial charge in [0, 0.05) is 19.3 Å². The molecule has 2 aromatic heterocycles. The lowest BCUT2D eigenvalue weighted by atomic mass is 10.1. The van der Waals surface area contributed by atoms with E-state index >= 15 is 0 Å². The standard InChI is InChI=1S/C25H24N4O3S2/c1-16-7-6-10-28-21(16)26-22(27-11-13-32-14-12-27)19(23(28)30)15-20-24(31)29(25(33)34-20)17(2)18-8-4-3-5-9-18/h3-10,15,17H,11-14H2,1-2H3/b20-15+. The predicted molar refractivity (Wildman–Crippen MR) is 139 cm³/mol. The van der Waals surface area contributed by atoms with Crippen LogP contribution in [0.3, 0.4) is 0 Å². The lowest BCUT2D eigenvalue weighted by Gasteiger charge is -2.29. The van der Waals surface area contributed by atoms with Crippen molar-refractivity contribution in [3.8, 4) is 0 Å². The van der Waals surface area contributed by atoms with Gasteiger partial charge in [0.2, 0.25) is 0 Å². The maximum atomic E-state index is 13.6. The van der Waals surface area contributed by atoms with Crippen LogP contribution in [0, 0.1) is 6.92 Å². The second-order valence-electron chi connectivity index (χ2n) is 8.28. The van der Waals surface area contributed by atoms with E-state index in [1.165, 1.54) is 11.8 Å². The molecule has 1 aromatic carbocycles. The molecule has 0 N–H and O–H groups in total. The average Bonchev–Trinajstić information content (AvgIpc) is 3.14. The van der Waals surface area contributed by atoms with Gasteiger partial charge < -0.3 is 9.64 Å². The van der Waals surface area contributed by atoms with Crippen LogP contribution in [-0.2, 0) is 9.53 Å². The molecule has 1 atom stereocenters. The number of amides is 1. The summed E-state index contributed by atoms with van der Waals surface area (Å²) in [6, 6.07) is 13.3. The van der Waals surface area contributed by atoms with Gasteiger partial charge in [-0.15, -0.1) is 0 Å². The largest absolute Gasteiger partial charge is 0.378 e. The zero-order chi connectivity index (χ0) is 23.8. The zero-order valence-electron chi connectivity index (χ0n) is 18.9. The molecule has 9 heteroatoms. The number of hydrogen-bond donors (Lipinski definition) is 0. The Labute approximate surface area is 207 Å². The van der Waals surface area contributed by atoms with Gasteiger partial charge in [0.15, 0.2) is 0 Å². The first-order valence-corrected chi connectivity index (χ1v) is 12.3. The van der Waals surface area contributed by atoms with E-state index in [0.717, 1.165) is 11.1 Å².